The molecular formula is C21H21NO2S. The smallest absolute Gasteiger partial charge is 0.345 e. The Balaban J connectivity index is 1.60. The average molecular weight is 351 g/mol. The maximum Gasteiger partial charge on any atom is 0.345 e. The molecule has 5 rings (SSSR count). The molecule has 0 bridgehead atoms. The van der Waals surface area contributed by atoms with E-state index in [0.717, 1.165) is 17.2 Å². The summed E-state index contributed by atoms with van der Waals surface area (Å²) < 4.78 is 0. The molecule has 0 spiro atoms. The largest absolute Gasteiger partial charge is 0.477 e. The first-order valence-corrected chi connectivity index (χ1v) is 9.82. The fraction of sp³-hybridized carbons (Fsp3) is 0.381. The summed E-state index contributed by atoms with van der Waals surface area (Å²) in [6, 6.07) is 10.6. The summed E-state index contributed by atoms with van der Waals surface area (Å²) in [4.78, 5) is 16.4. The number of hydrogen-bond donors (Lipinski definition) is 2. The number of carbonyl (C=O) groups is 1. The Kier molecular flexibility index (Phi) is 3.17. The molecule has 2 N–H and O–H groups in total. The van der Waals surface area contributed by atoms with Crippen LogP contribution in [0.5, 0.6) is 0 Å². The lowest BCUT2D eigenvalue weighted by Crippen LogP contribution is -2.04. The minimum Gasteiger partial charge on any atom is -0.477 e. The van der Waals surface area contributed by atoms with Crippen molar-refractivity contribution in [2.75, 3.05) is 0 Å². The van der Waals surface area contributed by atoms with Gasteiger partial charge in [-0.3, -0.25) is 0 Å². The topological polar surface area (TPSA) is 53.1 Å². The van der Waals surface area contributed by atoms with Crippen LogP contribution in [-0.2, 0) is 11.8 Å². The summed E-state index contributed by atoms with van der Waals surface area (Å²) >= 11 is 1.39. The summed E-state index contributed by atoms with van der Waals surface area (Å²) in [5.74, 6) is -0.0786. The molecular weight excluding hydrogens is 330 g/mol. The van der Waals surface area contributed by atoms with E-state index in [1.165, 1.54) is 64.7 Å². The predicted molar refractivity (Wildman–Crippen MR) is 101 cm³/mol. The van der Waals surface area contributed by atoms with Crippen molar-refractivity contribution >= 4 is 28.2 Å². The molecule has 0 radical (unpaired) electrons. The second-order valence-corrected chi connectivity index (χ2v) is 9.03. The summed E-state index contributed by atoms with van der Waals surface area (Å²) in [5, 5.41) is 10.5. The van der Waals surface area contributed by atoms with Gasteiger partial charge >= 0.3 is 5.97 Å². The molecule has 2 aliphatic rings. The highest BCUT2D eigenvalue weighted by Crippen LogP contribution is 2.50. The Morgan fingerprint density at radius 2 is 2.08 bits per heavy atom. The SMILES string of the molecule is CC1(c2[nH]c3cc(C4CC4)ccc3c2Cc2ccc(C(=O)O)s2)CC1. The molecule has 3 aromatic rings. The van der Waals surface area contributed by atoms with Crippen LogP contribution in [0.15, 0.2) is 30.3 Å². The average Bonchev–Trinajstić information content (AvgIpc) is 3.49. The van der Waals surface area contributed by atoms with Gasteiger partial charge in [0.25, 0.3) is 0 Å². The summed E-state index contributed by atoms with van der Waals surface area (Å²) in [6.45, 7) is 2.33. The van der Waals surface area contributed by atoms with Crippen LogP contribution in [0.4, 0.5) is 0 Å². The van der Waals surface area contributed by atoms with Crippen molar-refractivity contribution in [1.29, 1.82) is 0 Å². The lowest BCUT2D eigenvalue weighted by atomic mass is 9.96. The fourth-order valence-corrected chi connectivity index (χ4v) is 4.70. The number of benzene rings is 1. The molecule has 4 heteroatoms. The number of aromatic amines is 1. The molecule has 2 heterocycles. The van der Waals surface area contributed by atoms with E-state index in [9.17, 15) is 9.90 Å². The van der Waals surface area contributed by atoms with Gasteiger partial charge in [0.2, 0.25) is 0 Å². The molecule has 2 fully saturated rings. The van der Waals surface area contributed by atoms with Crippen LogP contribution >= 0.6 is 11.3 Å². The molecule has 3 nitrogen and oxygen atoms in total. The van der Waals surface area contributed by atoms with Gasteiger partial charge in [0.05, 0.1) is 0 Å². The Hall–Kier alpha value is -2.07. The molecule has 0 aliphatic heterocycles. The predicted octanol–water partition coefficient (Wildman–Crippen LogP) is 5.45. The molecule has 128 valence electrons. The van der Waals surface area contributed by atoms with E-state index in [2.05, 4.69) is 30.1 Å². The van der Waals surface area contributed by atoms with E-state index in [1.54, 1.807) is 6.07 Å². The number of aromatic nitrogens is 1. The first kappa shape index (κ1) is 15.2. The zero-order valence-corrected chi connectivity index (χ0v) is 15.1. The van der Waals surface area contributed by atoms with Crippen LogP contribution in [0.25, 0.3) is 10.9 Å². The molecule has 25 heavy (non-hydrogen) atoms. The van der Waals surface area contributed by atoms with E-state index in [1.807, 2.05) is 6.07 Å². The van der Waals surface area contributed by atoms with Gasteiger partial charge in [-0.25, -0.2) is 4.79 Å². The first-order chi connectivity index (χ1) is 12.0. The van der Waals surface area contributed by atoms with Crippen molar-refractivity contribution in [1.82, 2.24) is 4.98 Å². The normalized spacial score (nSPS) is 18.6. The van der Waals surface area contributed by atoms with E-state index in [-0.39, 0.29) is 5.41 Å². The highest BCUT2D eigenvalue weighted by atomic mass is 32.1. The van der Waals surface area contributed by atoms with Gasteiger partial charge in [-0.1, -0.05) is 19.1 Å². The Bertz CT molecular complexity index is 989. The van der Waals surface area contributed by atoms with Gasteiger partial charge in [0, 0.05) is 33.3 Å². The number of rotatable bonds is 5. The quantitative estimate of drug-likeness (QED) is 0.642. The van der Waals surface area contributed by atoms with Crippen molar-refractivity contribution in [2.45, 2.75) is 50.4 Å². The molecule has 2 saturated carbocycles. The number of thiophene rings is 1. The van der Waals surface area contributed by atoms with Crippen LogP contribution in [0.3, 0.4) is 0 Å². The molecule has 0 unspecified atom stereocenters. The third-order valence-electron chi connectivity index (χ3n) is 5.81. The zero-order chi connectivity index (χ0) is 17.2. The number of H-pyrrole nitrogens is 1. The van der Waals surface area contributed by atoms with E-state index >= 15 is 0 Å². The molecule has 2 aromatic heterocycles. The van der Waals surface area contributed by atoms with Crippen molar-refractivity contribution < 1.29 is 9.90 Å². The van der Waals surface area contributed by atoms with Crippen LogP contribution < -0.4 is 0 Å². The highest BCUT2D eigenvalue weighted by molar-refractivity contribution is 7.13. The maximum atomic E-state index is 11.2. The third kappa shape index (κ3) is 2.60. The second kappa shape index (κ2) is 5.21. The molecule has 1 aromatic carbocycles. The summed E-state index contributed by atoms with van der Waals surface area (Å²) in [5.41, 5.74) is 5.69. The highest BCUT2D eigenvalue weighted by Gasteiger charge is 2.42. The van der Waals surface area contributed by atoms with E-state index in [0.29, 0.717) is 4.88 Å². The van der Waals surface area contributed by atoms with Crippen LogP contribution in [0.2, 0.25) is 0 Å². The number of fused-ring (bicyclic) bond motifs is 1. The van der Waals surface area contributed by atoms with Crippen molar-refractivity contribution in [2.24, 2.45) is 0 Å². The van der Waals surface area contributed by atoms with Crippen LogP contribution in [-0.4, -0.2) is 16.1 Å². The fourth-order valence-electron chi connectivity index (χ4n) is 3.84. The van der Waals surface area contributed by atoms with Crippen LogP contribution in [0.1, 0.15) is 69.9 Å². The Morgan fingerprint density at radius 3 is 2.72 bits per heavy atom. The number of carboxylic acid groups (broad SMARTS) is 1. The zero-order valence-electron chi connectivity index (χ0n) is 14.3. The van der Waals surface area contributed by atoms with Crippen molar-refractivity contribution in [3.8, 4) is 0 Å². The van der Waals surface area contributed by atoms with E-state index < -0.39 is 5.97 Å². The lowest BCUT2D eigenvalue weighted by Gasteiger charge is -2.10. The number of hydrogen-bond acceptors (Lipinski definition) is 2. The van der Waals surface area contributed by atoms with Gasteiger partial charge in [-0.05, 0) is 60.9 Å². The second-order valence-electron chi connectivity index (χ2n) is 7.87. The summed E-state index contributed by atoms with van der Waals surface area (Å²) in [7, 11) is 0. The molecule has 0 amide bonds. The molecule has 2 aliphatic carbocycles. The number of carboxylic acids is 1. The number of nitrogens with one attached hydrogen (secondary N) is 1. The van der Waals surface area contributed by atoms with Gasteiger partial charge in [0.1, 0.15) is 4.88 Å². The van der Waals surface area contributed by atoms with Gasteiger partial charge in [-0.15, -0.1) is 11.3 Å². The minimum absolute atomic E-state index is 0.265. The van der Waals surface area contributed by atoms with Crippen molar-refractivity contribution in [3.05, 3.63) is 56.9 Å². The summed E-state index contributed by atoms with van der Waals surface area (Å²) in [6.07, 6.45) is 5.90. The molecule has 0 saturated heterocycles. The monoisotopic (exact) mass is 351 g/mol. The Morgan fingerprint density at radius 1 is 1.28 bits per heavy atom. The Labute approximate surface area is 150 Å². The van der Waals surface area contributed by atoms with Crippen molar-refractivity contribution in [3.63, 3.8) is 0 Å². The lowest BCUT2D eigenvalue weighted by molar-refractivity contribution is 0.0702. The first-order valence-electron chi connectivity index (χ1n) is 9.00. The number of aromatic carboxylic acids is 1. The molecule has 0 atom stereocenters. The van der Waals surface area contributed by atoms with Gasteiger partial charge < -0.3 is 10.1 Å². The minimum atomic E-state index is -0.835. The maximum absolute atomic E-state index is 11.2. The standard InChI is InChI=1S/C21H21NO2S/c1-21(8-9-21)19-16(11-14-5-7-18(25-14)20(23)24)15-6-4-13(12-2-3-12)10-17(15)22-19/h4-7,10,12,22H,2-3,8-9,11H2,1H3,(H,23,24). The van der Waals surface area contributed by atoms with Gasteiger partial charge in [0.15, 0.2) is 0 Å². The van der Waals surface area contributed by atoms with Crippen LogP contribution in [0, 0.1) is 0 Å². The van der Waals surface area contributed by atoms with E-state index in [4.69, 9.17) is 0 Å². The third-order valence-corrected chi connectivity index (χ3v) is 6.88. The van der Waals surface area contributed by atoms with Gasteiger partial charge in [-0.2, -0.15) is 0 Å².